The van der Waals surface area contributed by atoms with Gasteiger partial charge in [-0.25, -0.2) is 19.3 Å². The predicted molar refractivity (Wildman–Crippen MR) is 136 cm³/mol. The fraction of sp³-hybridized carbons (Fsp3) is 0.269. The summed E-state index contributed by atoms with van der Waals surface area (Å²) in [5.41, 5.74) is 8.10. The van der Waals surface area contributed by atoms with Gasteiger partial charge >= 0.3 is 0 Å². The van der Waals surface area contributed by atoms with Gasteiger partial charge in [-0.2, -0.15) is 0 Å². The van der Waals surface area contributed by atoms with E-state index in [2.05, 4.69) is 46.8 Å². The highest BCUT2D eigenvalue weighted by Crippen LogP contribution is 2.39. The van der Waals surface area contributed by atoms with Crippen LogP contribution in [-0.2, 0) is 6.54 Å². The Morgan fingerprint density at radius 2 is 1.95 bits per heavy atom. The number of aromatic nitrogens is 6. The second-order valence-corrected chi connectivity index (χ2v) is 9.12. The molecule has 2 aliphatic rings. The van der Waals surface area contributed by atoms with Gasteiger partial charge in [0.25, 0.3) is 0 Å². The summed E-state index contributed by atoms with van der Waals surface area (Å²) in [7, 11) is 0. The lowest BCUT2D eigenvalue weighted by atomic mass is 10.1. The van der Waals surface area contributed by atoms with Crippen LogP contribution in [0.3, 0.4) is 0 Å². The number of nitrogen functional groups attached to an aromatic ring is 1. The van der Waals surface area contributed by atoms with Gasteiger partial charge in [0, 0.05) is 43.1 Å². The van der Waals surface area contributed by atoms with Crippen molar-refractivity contribution < 1.29 is 9.50 Å². The van der Waals surface area contributed by atoms with Gasteiger partial charge in [-0.05, 0) is 37.0 Å². The van der Waals surface area contributed by atoms with Crippen molar-refractivity contribution in [1.82, 2.24) is 29.7 Å². The van der Waals surface area contributed by atoms with Crippen molar-refractivity contribution >= 4 is 17.3 Å². The van der Waals surface area contributed by atoms with Crippen molar-refractivity contribution in [3.8, 4) is 28.8 Å². The first-order chi connectivity index (χ1) is 18.1. The molecule has 2 saturated heterocycles. The van der Waals surface area contributed by atoms with Crippen LogP contribution < -0.4 is 15.5 Å². The summed E-state index contributed by atoms with van der Waals surface area (Å²) in [6.07, 6.45) is 8.18. The third kappa shape index (κ3) is 4.38. The third-order valence-electron chi connectivity index (χ3n) is 6.80. The zero-order chi connectivity index (χ0) is 25.4. The van der Waals surface area contributed by atoms with Crippen molar-refractivity contribution in [3.63, 3.8) is 0 Å². The molecule has 5 heterocycles. The zero-order valence-electron chi connectivity index (χ0n) is 19.9. The maximum absolute atomic E-state index is 14.9. The summed E-state index contributed by atoms with van der Waals surface area (Å²) in [6, 6.07) is 8.91. The van der Waals surface area contributed by atoms with Crippen molar-refractivity contribution in [3.05, 3.63) is 66.9 Å². The van der Waals surface area contributed by atoms with Crippen molar-refractivity contribution in [2.45, 2.75) is 31.5 Å². The van der Waals surface area contributed by atoms with Gasteiger partial charge in [-0.3, -0.25) is 0 Å². The standard InChI is InChI=1S/C26H24FN9O/c27-20-13-30-24(6-3-10-34-11-9-29-16-34)31-26(20)36-17-7-8-18(36)15-35(14-17)22-12-21(32-33-25(22)28)19-4-1-2-5-23(19)37/h1-2,4-5,9,11-13,16-18,37H,7-8,10,14-15H2,(H2,28,33). The van der Waals surface area contributed by atoms with Crippen LogP contribution in [0, 0.1) is 17.7 Å². The number of phenols is 1. The Morgan fingerprint density at radius 1 is 1.14 bits per heavy atom. The van der Waals surface area contributed by atoms with Gasteiger partial charge in [0.05, 0.1) is 30.5 Å². The second kappa shape index (κ2) is 9.39. The van der Waals surface area contributed by atoms with Gasteiger partial charge in [0.1, 0.15) is 5.75 Å². The number of hydrogen-bond donors (Lipinski definition) is 2. The number of fused-ring (bicyclic) bond motifs is 2. The molecule has 6 rings (SSSR count). The van der Waals surface area contributed by atoms with Gasteiger partial charge in [-0.1, -0.05) is 18.1 Å². The topological polar surface area (TPSA) is 122 Å². The van der Waals surface area contributed by atoms with Gasteiger partial charge in [0.2, 0.25) is 5.82 Å². The van der Waals surface area contributed by atoms with Crippen molar-refractivity contribution in [1.29, 1.82) is 0 Å². The van der Waals surface area contributed by atoms with Crippen LogP contribution in [0.15, 0.2) is 55.2 Å². The van der Waals surface area contributed by atoms with Crippen LogP contribution >= 0.6 is 0 Å². The molecule has 2 unspecified atom stereocenters. The lowest BCUT2D eigenvalue weighted by molar-refractivity contribution is 0.477. The minimum atomic E-state index is -0.461. The number of nitrogens with zero attached hydrogens (tertiary/aromatic N) is 8. The summed E-state index contributed by atoms with van der Waals surface area (Å²) in [4.78, 5) is 16.8. The average Bonchev–Trinajstić information content (AvgIpc) is 3.51. The number of piperazine rings is 1. The molecule has 1 aromatic carbocycles. The lowest BCUT2D eigenvalue weighted by Gasteiger charge is -2.42. The predicted octanol–water partition coefficient (Wildman–Crippen LogP) is 2.47. The smallest absolute Gasteiger partial charge is 0.207 e. The van der Waals surface area contributed by atoms with E-state index in [-0.39, 0.29) is 29.5 Å². The molecule has 10 nitrogen and oxygen atoms in total. The molecule has 0 saturated carbocycles. The molecule has 186 valence electrons. The number of anilines is 3. The van der Waals surface area contributed by atoms with Crippen LogP contribution in [0.1, 0.15) is 18.7 Å². The fourth-order valence-corrected chi connectivity index (χ4v) is 5.10. The number of benzene rings is 1. The first kappa shape index (κ1) is 22.7. The van der Waals surface area contributed by atoms with Crippen LogP contribution in [0.25, 0.3) is 11.3 Å². The molecule has 3 N–H and O–H groups in total. The summed E-state index contributed by atoms with van der Waals surface area (Å²) < 4.78 is 16.8. The molecule has 2 bridgehead atoms. The third-order valence-corrected chi connectivity index (χ3v) is 6.80. The van der Waals surface area contributed by atoms with Gasteiger partial charge < -0.3 is 25.2 Å². The molecular formula is C26H24FN9O. The largest absolute Gasteiger partial charge is 0.507 e. The van der Waals surface area contributed by atoms with Gasteiger partial charge in [0.15, 0.2) is 17.5 Å². The molecule has 4 aromatic rings. The highest BCUT2D eigenvalue weighted by molar-refractivity contribution is 5.74. The Bertz CT molecular complexity index is 1480. The van der Waals surface area contributed by atoms with Crippen LogP contribution in [0.2, 0.25) is 0 Å². The molecular weight excluding hydrogens is 473 g/mol. The number of para-hydroxylation sites is 1. The molecule has 0 aliphatic carbocycles. The minimum Gasteiger partial charge on any atom is -0.507 e. The Hall–Kier alpha value is -4.72. The molecule has 2 atom stereocenters. The lowest BCUT2D eigenvalue weighted by Crippen LogP contribution is -2.54. The van der Waals surface area contributed by atoms with E-state index >= 15 is 0 Å². The number of phenolic OH excluding ortho intramolecular Hbond substituents is 1. The highest BCUT2D eigenvalue weighted by Gasteiger charge is 2.42. The number of imidazole rings is 1. The van der Waals surface area contributed by atoms with E-state index in [0.717, 1.165) is 18.5 Å². The van der Waals surface area contributed by atoms with E-state index in [1.807, 2.05) is 22.9 Å². The van der Waals surface area contributed by atoms with Crippen molar-refractivity contribution in [2.75, 3.05) is 28.6 Å². The minimum absolute atomic E-state index is 0.0380. The van der Waals surface area contributed by atoms with E-state index in [1.165, 1.54) is 6.20 Å². The summed E-state index contributed by atoms with van der Waals surface area (Å²) in [5, 5.41) is 18.6. The maximum atomic E-state index is 14.9. The normalized spacial score (nSPS) is 18.5. The number of aromatic hydroxyl groups is 1. The highest BCUT2D eigenvalue weighted by atomic mass is 19.1. The molecule has 2 fully saturated rings. The first-order valence-corrected chi connectivity index (χ1v) is 12.0. The molecule has 37 heavy (non-hydrogen) atoms. The van der Waals surface area contributed by atoms with Crippen LogP contribution in [0.4, 0.5) is 21.7 Å². The Morgan fingerprint density at radius 3 is 2.70 bits per heavy atom. The Labute approximate surface area is 212 Å². The molecule has 2 aliphatic heterocycles. The molecule has 0 spiro atoms. The number of nitrogens with two attached hydrogens (primary N) is 1. The molecule has 3 aromatic heterocycles. The summed E-state index contributed by atoms with van der Waals surface area (Å²) in [5.74, 6) is 6.48. The SMILES string of the molecule is Nc1nnc(-c2ccccc2O)cc1N1CC2CCC(C1)N2c1nc(C#CCn2ccnc2)ncc1F. The molecule has 0 amide bonds. The van der Waals surface area contributed by atoms with E-state index in [4.69, 9.17) is 5.73 Å². The van der Waals surface area contributed by atoms with Crippen LogP contribution in [0.5, 0.6) is 5.75 Å². The van der Waals surface area contributed by atoms with Crippen molar-refractivity contribution in [2.24, 2.45) is 0 Å². The average molecular weight is 498 g/mol. The number of halogens is 1. The molecule has 0 radical (unpaired) electrons. The zero-order valence-corrected chi connectivity index (χ0v) is 19.9. The number of hydrogen-bond acceptors (Lipinski definition) is 9. The fourth-order valence-electron chi connectivity index (χ4n) is 5.10. The van der Waals surface area contributed by atoms with E-state index < -0.39 is 5.82 Å². The second-order valence-electron chi connectivity index (χ2n) is 9.12. The Kier molecular flexibility index (Phi) is 5.76. The number of rotatable bonds is 4. The summed E-state index contributed by atoms with van der Waals surface area (Å²) >= 11 is 0. The van der Waals surface area contributed by atoms with E-state index in [1.54, 1.807) is 30.7 Å². The first-order valence-electron chi connectivity index (χ1n) is 12.0. The van der Waals surface area contributed by atoms with E-state index in [0.29, 0.717) is 36.7 Å². The quantitative estimate of drug-likeness (QED) is 0.410. The van der Waals surface area contributed by atoms with E-state index in [9.17, 15) is 9.50 Å². The summed E-state index contributed by atoms with van der Waals surface area (Å²) in [6.45, 7) is 1.69. The molecule has 11 heteroatoms. The Balaban J connectivity index is 1.24. The maximum Gasteiger partial charge on any atom is 0.207 e. The monoisotopic (exact) mass is 497 g/mol. The van der Waals surface area contributed by atoms with Gasteiger partial charge in [-0.15, -0.1) is 10.2 Å². The van der Waals surface area contributed by atoms with Crippen LogP contribution in [-0.4, -0.2) is 60.0 Å².